The van der Waals surface area contributed by atoms with Crippen LogP contribution in [0.1, 0.15) is 15.9 Å². The van der Waals surface area contributed by atoms with Gasteiger partial charge in [-0.25, -0.2) is 8.42 Å². The molecule has 1 saturated heterocycles. The summed E-state index contributed by atoms with van der Waals surface area (Å²) in [5.41, 5.74) is 1.48. The van der Waals surface area contributed by atoms with Gasteiger partial charge < -0.3 is 4.57 Å². The van der Waals surface area contributed by atoms with Gasteiger partial charge in [0.05, 0.1) is 4.90 Å². The molecule has 2 aromatic carbocycles. The molecule has 2 heterocycles. The minimum absolute atomic E-state index is 0.126. The number of sulfonamides is 1. The molecule has 0 N–H and O–H groups in total. The molecule has 0 spiro atoms. The Morgan fingerprint density at radius 3 is 2.45 bits per heavy atom. The maximum absolute atomic E-state index is 13.2. The Balaban J connectivity index is 1.46. The summed E-state index contributed by atoms with van der Waals surface area (Å²) in [5, 5.41) is 1.84. The number of benzene rings is 2. The summed E-state index contributed by atoms with van der Waals surface area (Å²) in [4.78, 5) is 19.6. The number of aromatic nitrogens is 1. The Kier molecular flexibility index (Phi) is 6.47. The van der Waals surface area contributed by atoms with Gasteiger partial charge in [0, 0.05) is 56.9 Å². The van der Waals surface area contributed by atoms with Crippen LogP contribution in [0.3, 0.4) is 0 Å². The van der Waals surface area contributed by atoms with E-state index in [-0.39, 0.29) is 10.5 Å². The average molecular weight is 457 g/mol. The van der Waals surface area contributed by atoms with Crippen molar-refractivity contribution in [2.24, 2.45) is 12.0 Å². The second kappa shape index (κ2) is 9.27. The predicted octanol–water partition coefficient (Wildman–Crippen LogP) is 2.33. The van der Waals surface area contributed by atoms with Gasteiger partial charge in [-0.15, -0.1) is 11.3 Å². The number of piperazine rings is 1. The first-order valence-corrected chi connectivity index (χ1v) is 12.3. The fourth-order valence-electron chi connectivity index (χ4n) is 3.49. The van der Waals surface area contributed by atoms with Crippen molar-refractivity contribution in [2.75, 3.05) is 26.2 Å². The number of thiazole rings is 1. The van der Waals surface area contributed by atoms with Gasteiger partial charge in [0.25, 0.3) is 5.91 Å². The lowest BCUT2D eigenvalue weighted by Gasteiger charge is -2.34. The molecule has 9 heteroatoms. The maximum atomic E-state index is 13.2. The standard InChI is InChI=1S/C22H24N4O3S2/c1-24-14-15-30-22(24)23-21(27)19-8-5-9-20(16-19)31(28,29)26-12-10-25(11-13-26)17-18-6-3-2-4-7-18/h2-9,14-16H,10-13,17H2,1H3. The second-order valence-electron chi connectivity index (χ2n) is 7.41. The molecule has 1 aliphatic heterocycles. The highest BCUT2D eigenvalue weighted by Crippen LogP contribution is 2.20. The van der Waals surface area contributed by atoms with E-state index in [1.807, 2.05) is 29.8 Å². The van der Waals surface area contributed by atoms with Gasteiger partial charge in [0.1, 0.15) is 0 Å². The van der Waals surface area contributed by atoms with Crippen LogP contribution in [-0.2, 0) is 23.6 Å². The summed E-state index contributed by atoms with van der Waals surface area (Å²) < 4.78 is 29.6. The predicted molar refractivity (Wildman–Crippen MR) is 120 cm³/mol. The molecule has 0 atom stereocenters. The molecule has 3 aromatic rings. The quantitative estimate of drug-likeness (QED) is 0.591. The number of nitrogens with zero attached hydrogens (tertiary/aromatic N) is 4. The third-order valence-corrected chi connectivity index (χ3v) is 8.00. The molecule has 0 aliphatic carbocycles. The molecule has 4 rings (SSSR count). The van der Waals surface area contributed by atoms with Crippen LogP contribution < -0.4 is 4.80 Å². The van der Waals surface area contributed by atoms with Gasteiger partial charge in [0.15, 0.2) is 4.80 Å². The lowest BCUT2D eigenvalue weighted by atomic mass is 10.2. The van der Waals surface area contributed by atoms with Crippen LogP contribution in [0.25, 0.3) is 0 Å². The minimum atomic E-state index is -3.67. The Hall–Kier alpha value is -2.59. The molecule has 0 saturated carbocycles. The molecule has 0 radical (unpaired) electrons. The van der Waals surface area contributed by atoms with Crippen LogP contribution in [0.5, 0.6) is 0 Å². The SMILES string of the molecule is Cn1ccsc1=NC(=O)c1cccc(S(=O)(=O)N2CCN(Cc3ccccc3)CC2)c1. The van der Waals surface area contributed by atoms with Crippen LogP contribution in [0.2, 0.25) is 0 Å². The van der Waals surface area contributed by atoms with Crippen LogP contribution in [0.15, 0.2) is 76.1 Å². The molecule has 1 aliphatic rings. The molecule has 1 amide bonds. The maximum Gasteiger partial charge on any atom is 0.279 e. The number of carbonyl (C=O) groups excluding carboxylic acids is 1. The average Bonchev–Trinajstić information content (AvgIpc) is 3.19. The van der Waals surface area contributed by atoms with E-state index in [9.17, 15) is 13.2 Å². The van der Waals surface area contributed by atoms with Gasteiger partial charge in [-0.1, -0.05) is 36.4 Å². The zero-order valence-electron chi connectivity index (χ0n) is 17.2. The molecule has 31 heavy (non-hydrogen) atoms. The van der Waals surface area contributed by atoms with E-state index in [1.165, 1.54) is 33.3 Å². The number of hydrogen-bond donors (Lipinski definition) is 0. The van der Waals surface area contributed by atoms with Gasteiger partial charge in [-0.05, 0) is 23.8 Å². The van der Waals surface area contributed by atoms with Gasteiger partial charge in [0.2, 0.25) is 10.0 Å². The molecular weight excluding hydrogens is 432 g/mol. The third kappa shape index (κ3) is 5.01. The van der Waals surface area contributed by atoms with Crippen molar-refractivity contribution < 1.29 is 13.2 Å². The van der Waals surface area contributed by atoms with E-state index in [0.717, 1.165) is 6.54 Å². The number of aryl methyl sites for hydroxylation is 1. The molecule has 1 fully saturated rings. The normalized spacial score (nSPS) is 16.5. The van der Waals surface area contributed by atoms with Crippen LogP contribution in [-0.4, -0.2) is 54.3 Å². The number of hydrogen-bond acceptors (Lipinski definition) is 5. The van der Waals surface area contributed by atoms with Crippen LogP contribution in [0, 0.1) is 0 Å². The van der Waals surface area contributed by atoms with E-state index in [4.69, 9.17) is 0 Å². The van der Waals surface area contributed by atoms with Crippen molar-refractivity contribution in [3.05, 3.63) is 82.1 Å². The lowest BCUT2D eigenvalue weighted by molar-refractivity contribution is 0.0997. The monoisotopic (exact) mass is 456 g/mol. The molecule has 0 unspecified atom stereocenters. The van der Waals surface area contributed by atoms with Crippen molar-refractivity contribution in [3.63, 3.8) is 0 Å². The summed E-state index contributed by atoms with van der Waals surface area (Å²) in [7, 11) is -1.87. The Morgan fingerprint density at radius 2 is 1.77 bits per heavy atom. The van der Waals surface area contributed by atoms with Crippen molar-refractivity contribution >= 4 is 27.3 Å². The Bertz CT molecular complexity index is 1220. The highest BCUT2D eigenvalue weighted by Gasteiger charge is 2.29. The first-order valence-electron chi connectivity index (χ1n) is 9.99. The van der Waals surface area contributed by atoms with Gasteiger partial charge in [-0.3, -0.25) is 9.69 Å². The van der Waals surface area contributed by atoms with Crippen molar-refractivity contribution in [1.82, 2.24) is 13.8 Å². The number of carbonyl (C=O) groups is 1. The summed E-state index contributed by atoms with van der Waals surface area (Å²) in [6.45, 7) is 2.97. The highest BCUT2D eigenvalue weighted by molar-refractivity contribution is 7.89. The van der Waals surface area contributed by atoms with Crippen molar-refractivity contribution in [3.8, 4) is 0 Å². The lowest BCUT2D eigenvalue weighted by Crippen LogP contribution is -2.48. The molecular formula is C22H24N4O3S2. The fourth-order valence-corrected chi connectivity index (χ4v) is 5.69. The Morgan fingerprint density at radius 1 is 1.03 bits per heavy atom. The summed E-state index contributed by atoms with van der Waals surface area (Å²) in [6, 6.07) is 16.3. The van der Waals surface area contributed by atoms with E-state index >= 15 is 0 Å². The number of amides is 1. The van der Waals surface area contributed by atoms with Crippen LogP contribution >= 0.6 is 11.3 Å². The van der Waals surface area contributed by atoms with Crippen molar-refractivity contribution in [2.45, 2.75) is 11.4 Å². The molecule has 162 valence electrons. The van der Waals surface area contributed by atoms with Gasteiger partial charge >= 0.3 is 0 Å². The topological polar surface area (TPSA) is 75.0 Å². The zero-order chi connectivity index (χ0) is 21.8. The minimum Gasteiger partial charge on any atom is -0.327 e. The van der Waals surface area contributed by atoms with Crippen LogP contribution in [0.4, 0.5) is 0 Å². The summed E-state index contributed by atoms with van der Waals surface area (Å²) >= 11 is 1.35. The summed E-state index contributed by atoms with van der Waals surface area (Å²) in [5.74, 6) is -0.456. The van der Waals surface area contributed by atoms with E-state index < -0.39 is 15.9 Å². The third-order valence-electron chi connectivity index (χ3n) is 5.26. The fraction of sp³-hybridized carbons (Fsp3) is 0.273. The van der Waals surface area contributed by atoms with E-state index in [1.54, 1.807) is 23.7 Å². The first kappa shape index (κ1) is 21.6. The van der Waals surface area contributed by atoms with Crippen molar-refractivity contribution in [1.29, 1.82) is 0 Å². The summed E-state index contributed by atoms with van der Waals surface area (Å²) in [6.07, 6.45) is 1.81. The molecule has 1 aromatic heterocycles. The molecule has 7 nitrogen and oxygen atoms in total. The van der Waals surface area contributed by atoms with E-state index in [0.29, 0.717) is 31.0 Å². The smallest absolute Gasteiger partial charge is 0.279 e. The molecule has 0 bridgehead atoms. The first-order chi connectivity index (χ1) is 14.9. The second-order valence-corrected chi connectivity index (χ2v) is 10.2. The largest absolute Gasteiger partial charge is 0.327 e. The van der Waals surface area contributed by atoms with E-state index in [2.05, 4.69) is 22.0 Å². The Labute approximate surface area is 186 Å². The number of rotatable bonds is 5. The van der Waals surface area contributed by atoms with Gasteiger partial charge in [-0.2, -0.15) is 9.30 Å². The highest BCUT2D eigenvalue weighted by atomic mass is 32.2. The zero-order valence-corrected chi connectivity index (χ0v) is 18.8.